The predicted octanol–water partition coefficient (Wildman–Crippen LogP) is 2.18. The van der Waals surface area contributed by atoms with Gasteiger partial charge in [-0.3, -0.25) is 0 Å². The molecule has 2 rings (SSSR count). The summed E-state index contributed by atoms with van der Waals surface area (Å²) < 4.78 is 0. The molecule has 0 aromatic heterocycles. The van der Waals surface area contributed by atoms with Crippen LogP contribution in [-0.2, 0) is 0 Å². The van der Waals surface area contributed by atoms with E-state index in [9.17, 15) is 0 Å². The zero-order valence-electron chi connectivity index (χ0n) is 8.83. The predicted molar refractivity (Wildman–Crippen MR) is 65.9 cm³/mol. The summed E-state index contributed by atoms with van der Waals surface area (Å²) in [7, 11) is -0.159. The van der Waals surface area contributed by atoms with Gasteiger partial charge in [0.1, 0.15) is 0 Å². The zero-order valence-corrected chi connectivity index (χ0v) is 10.2. The standard InChI is InChI=1S/C13H16Si/c1-10-8-9-13(11(10)2)14-12-6-4-3-5-7-12/h3-9,13H,14H2,1-2H3. The van der Waals surface area contributed by atoms with Gasteiger partial charge in [0.05, 0.1) is 9.52 Å². The highest BCUT2D eigenvalue weighted by Crippen LogP contribution is 2.28. The van der Waals surface area contributed by atoms with Crippen molar-refractivity contribution in [1.82, 2.24) is 0 Å². The second kappa shape index (κ2) is 3.97. The van der Waals surface area contributed by atoms with Gasteiger partial charge in [0, 0.05) is 0 Å². The molecular weight excluding hydrogens is 184 g/mol. The van der Waals surface area contributed by atoms with Crippen molar-refractivity contribution in [3.05, 3.63) is 53.6 Å². The minimum atomic E-state index is -0.159. The molecule has 14 heavy (non-hydrogen) atoms. The van der Waals surface area contributed by atoms with Crippen molar-refractivity contribution in [2.24, 2.45) is 0 Å². The van der Waals surface area contributed by atoms with E-state index in [2.05, 4.69) is 56.3 Å². The van der Waals surface area contributed by atoms with Gasteiger partial charge in [0.25, 0.3) is 0 Å². The summed E-state index contributed by atoms with van der Waals surface area (Å²) in [5.74, 6) is 0. The summed E-state index contributed by atoms with van der Waals surface area (Å²) in [6.45, 7) is 4.49. The Bertz CT molecular complexity index is 373. The summed E-state index contributed by atoms with van der Waals surface area (Å²) in [6, 6.07) is 10.9. The van der Waals surface area contributed by atoms with Crippen LogP contribution in [0.5, 0.6) is 0 Å². The minimum absolute atomic E-state index is 0.159. The fraction of sp³-hybridized carbons (Fsp3) is 0.231. The van der Waals surface area contributed by atoms with Crippen LogP contribution < -0.4 is 5.19 Å². The Morgan fingerprint density at radius 3 is 2.36 bits per heavy atom. The van der Waals surface area contributed by atoms with Crippen molar-refractivity contribution in [1.29, 1.82) is 0 Å². The van der Waals surface area contributed by atoms with Crippen LogP contribution in [0.4, 0.5) is 0 Å². The van der Waals surface area contributed by atoms with Crippen molar-refractivity contribution in [2.75, 3.05) is 0 Å². The van der Waals surface area contributed by atoms with Gasteiger partial charge < -0.3 is 0 Å². The van der Waals surface area contributed by atoms with Crippen LogP contribution in [0.15, 0.2) is 53.6 Å². The fourth-order valence-electron chi connectivity index (χ4n) is 1.92. The molecule has 0 saturated carbocycles. The Morgan fingerprint density at radius 1 is 1.07 bits per heavy atom. The maximum atomic E-state index is 2.38. The van der Waals surface area contributed by atoms with Crippen LogP contribution >= 0.6 is 0 Å². The molecule has 1 heteroatoms. The van der Waals surface area contributed by atoms with Crippen LogP contribution in [0.1, 0.15) is 13.8 Å². The van der Waals surface area contributed by atoms with Gasteiger partial charge in [-0.15, -0.1) is 0 Å². The Morgan fingerprint density at radius 2 is 1.79 bits per heavy atom. The van der Waals surface area contributed by atoms with Crippen LogP contribution in [0.2, 0.25) is 5.54 Å². The summed E-state index contributed by atoms with van der Waals surface area (Å²) in [6.07, 6.45) is 4.65. The van der Waals surface area contributed by atoms with Gasteiger partial charge in [-0.05, 0) is 19.4 Å². The summed E-state index contributed by atoms with van der Waals surface area (Å²) >= 11 is 0. The van der Waals surface area contributed by atoms with E-state index in [4.69, 9.17) is 0 Å². The first-order valence-electron chi connectivity index (χ1n) is 5.17. The second-order valence-corrected chi connectivity index (χ2v) is 6.13. The normalized spacial score (nSPS) is 21.4. The molecular formula is C13H16Si. The SMILES string of the molecule is CC1=C(C)C([SiH2]c2ccccc2)C=C1. The maximum Gasteiger partial charge on any atom is 0.0667 e. The van der Waals surface area contributed by atoms with Crippen molar-refractivity contribution >= 4 is 14.7 Å². The van der Waals surface area contributed by atoms with Gasteiger partial charge in [0.2, 0.25) is 0 Å². The molecule has 0 N–H and O–H groups in total. The van der Waals surface area contributed by atoms with E-state index in [0.717, 1.165) is 5.54 Å². The molecule has 0 saturated heterocycles. The third kappa shape index (κ3) is 1.88. The van der Waals surface area contributed by atoms with Crippen LogP contribution in [0.3, 0.4) is 0 Å². The van der Waals surface area contributed by atoms with E-state index in [0.29, 0.717) is 0 Å². The van der Waals surface area contributed by atoms with Gasteiger partial charge in [-0.2, -0.15) is 0 Å². The second-order valence-electron chi connectivity index (χ2n) is 4.02. The molecule has 1 atom stereocenters. The smallest absolute Gasteiger partial charge is 0.0667 e. The lowest BCUT2D eigenvalue weighted by molar-refractivity contribution is 1.20. The molecule has 0 spiro atoms. The van der Waals surface area contributed by atoms with Gasteiger partial charge in [-0.1, -0.05) is 58.8 Å². The first-order valence-corrected chi connectivity index (χ1v) is 6.69. The van der Waals surface area contributed by atoms with Crippen molar-refractivity contribution in [2.45, 2.75) is 19.4 Å². The van der Waals surface area contributed by atoms with Crippen molar-refractivity contribution < 1.29 is 0 Å². The highest BCUT2D eigenvalue weighted by Gasteiger charge is 2.14. The first-order chi connectivity index (χ1) is 6.77. The molecule has 0 nitrogen and oxygen atoms in total. The molecule has 0 fully saturated rings. The zero-order chi connectivity index (χ0) is 9.97. The number of allylic oxidation sites excluding steroid dienone is 4. The molecule has 0 heterocycles. The topological polar surface area (TPSA) is 0 Å². The Hall–Kier alpha value is -1.08. The molecule has 0 bridgehead atoms. The molecule has 72 valence electrons. The van der Waals surface area contributed by atoms with E-state index in [1.807, 2.05) is 0 Å². The summed E-state index contributed by atoms with van der Waals surface area (Å²) in [5.41, 5.74) is 3.82. The van der Waals surface area contributed by atoms with E-state index in [1.165, 1.54) is 5.57 Å². The van der Waals surface area contributed by atoms with Gasteiger partial charge in [-0.25, -0.2) is 0 Å². The molecule has 0 amide bonds. The van der Waals surface area contributed by atoms with E-state index < -0.39 is 0 Å². The lowest BCUT2D eigenvalue weighted by Crippen LogP contribution is -2.17. The van der Waals surface area contributed by atoms with Crippen molar-refractivity contribution in [3.8, 4) is 0 Å². The molecule has 1 unspecified atom stereocenters. The maximum absolute atomic E-state index is 2.38. The summed E-state index contributed by atoms with van der Waals surface area (Å²) in [5, 5.41) is 1.57. The highest BCUT2D eigenvalue weighted by atomic mass is 28.2. The largest absolute Gasteiger partial charge is 0.0801 e. The lowest BCUT2D eigenvalue weighted by Gasteiger charge is -2.09. The highest BCUT2D eigenvalue weighted by molar-refractivity contribution is 6.56. The summed E-state index contributed by atoms with van der Waals surface area (Å²) in [4.78, 5) is 0. The minimum Gasteiger partial charge on any atom is -0.0801 e. The lowest BCUT2D eigenvalue weighted by atomic mass is 10.2. The fourth-order valence-corrected chi connectivity index (χ4v) is 3.87. The van der Waals surface area contributed by atoms with Crippen LogP contribution in [0, 0.1) is 0 Å². The number of rotatable bonds is 2. The van der Waals surface area contributed by atoms with Gasteiger partial charge in [0.15, 0.2) is 0 Å². The van der Waals surface area contributed by atoms with E-state index in [1.54, 1.807) is 10.8 Å². The molecule has 1 aliphatic rings. The Kier molecular flexibility index (Phi) is 2.68. The molecule has 1 aromatic rings. The third-order valence-electron chi connectivity index (χ3n) is 3.06. The molecule has 0 radical (unpaired) electrons. The number of benzene rings is 1. The van der Waals surface area contributed by atoms with Crippen molar-refractivity contribution in [3.63, 3.8) is 0 Å². The Balaban J connectivity index is 2.11. The average molecular weight is 200 g/mol. The first kappa shape index (κ1) is 9.47. The van der Waals surface area contributed by atoms with Gasteiger partial charge >= 0.3 is 0 Å². The number of hydrogen-bond acceptors (Lipinski definition) is 0. The van der Waals surface area contributed by atoms with Crippen LogP contribution in [0.25, 0.3) is 0 Å². The third-order valence-corrected chi connectivity index (χ3v) is 5.32. The molecule has 1 aromatic carbocycles. The quantitative estimate of drug-likeness (QED) is 0.642. The van der Waals surface area contributed by atoms with E-state index in [-0.39, 0.29) is 9.52 Å². The monoisotopic (exact) mass is 200 g/mol. The molecule has 1 aliphatic carbocycles. The Labute approximate surface area is 88.2 Å². The number of hydrogen-bond donors (Lipinski definition) is 0. The molecule has 0 aliphatic heterocycles. The van der Waals surface area contributed by atoms with Crippen LogP contribution in [-0.4, -0.2) is 9.52 Å². The van der Waals surface area contributed by atoms with E-state index >= 15 is 0 Å². The average Bonchev–Trinajstić information content (AvgIpc) is 2.52.